The van der Waals surface area contributed by atoms with Crippen molar-refractivity contribution in [3.8, 4) is 0 Å². The molecule has 5 heteroatoms. The van der Waals surface area contributed by atoms with Crippen LogP contribution in [0.25, 0.3) is 10.9 Å². The maximum absolute atomic E-state index is 13.6. The Balaban J connectivity index is 1.71. The predicted molar refractivity (Wildman–Crippen MR) is 84.8 cm³/mol. The Labute approximate surface area is 132 Å². The molecular weight excluding hydrogens is 298 g/mol. The molecule has 0 aliphatic heterocycles. The number of nitrogens with zero attached hydrogens (tertiary/aromatic N) is 1. The van der Waals surface area contributed by atoms with Gasteiger partial charge in [-0.1, -0.05) is 24.3 Å². The predicted octanol–water partition coefficient (Wildman–Crippen LogP) is 3.34. The average Bonchev–Trinajstić information content (AvgIpc) is 2.55. The third-order valence-electron chi connectivity index (χ3n) is 3.67. The van der Waals surface area contributed by atoms with Gasteiger partial charge in [0.15, 0.2) is 0 Å². The molecule has 3 nitrogen and oxygen atoms in total. The van der Waals surface area contributed by atoms with Crippen LogP contribution in [0.15, 0.2) is 54.7 Å². The molecule has 118 valence electrons. The summed E-state index contributed by atoms with van der Waals surface area (Å²) in [5, 5.41) is 13.8. The fourth-order valence-corrected chi connectivity index (χ4v) is 2.56. The van der Waals surface area contributed by atoms with E-state index in [0.29, 0.717) is 17.6 Å². The average molecular weight is 314 g/mol. The van der Waals surface area contributed by atoms with Crippen molar-refractivity contribution in [3.63, 3.8) is 0 Å². The van der Waals surface area contributed by atoms with Crippen LogP contribution in [-0.2, 0) is 6.54 Å². The van der Waals surface area contributed by atoms with E-state index in [1.807, 2.05) is 0 Å². The number of aliphatic hydroxyl groups is 1. The first-order valence-corrected chi connectivity index (χ1v) is 7.31. The molecule has 2 N–H and O–H groups in total. The largest absolute Gasteiger partial charge is 0.387 e. The zero-order valence-corrected chi connectivity index (χ0v) is 12.3. The number of hydrogen-bond acceptors (Lipinski definition) is 3. The molecule has 0 fully saturated rings. The first-order chi connectivity index (χ1) is 11.1. The highest BCUT2D eigenvalue weighted by atomic mass is 19.1. The van der Waals surface area contributed by atoms with Gasteiger partial charge in [0.25, 0.3) is 0 Å². The Hall–Kier alpha value is -2.37. The Bertz CT molecular complexity index is 823. The monoisotopic (exact) mass is 314 g/mol. The van der Waals surface area contributed by atoms with Crippen LogP contribution >= 0.6 is 0 Å². The molecule has 1 unspecified atom stereocenters. The van der Waals surface area contributed by atoms with Crippen LogP contribution in [-0.4, -0.2) is 16.6 Å². The number of rotatable bonds is 5. The van der Waals surface area contributed by atoms with E-state index >= 15 is 0 Å². The standard InChI is InChI=1S/C18H16F2N2O/c19-14-8-12-4-3-7-22-18(12)13(9-14)10-21-11-17(23)15-5-1-2-6-16(15)20/h1-9,17,21,23H,10-11H2. The zero-order chi connectivity index (χ0) is 16.2. The van der Waals surface area contributed by atoms with Crippen LogP contribution in [0.5, 0.6) is 0 Å². The summed E-state index contributed by atoms with van der Waals surface area (Å²) in [4.78, 5) is 4.26. The van der Waals surface area contributed by atoms with Crippen molar-refractivity contribution in [2.24, 2.45) is 0 Å². The number of halogens is 2. The topological polar surface area (TPSA) is 45.1 Å². The SMILES string of the molecule is OC(CNCc1cc(F)cc2cccnc12)c1ccccc1F. The summed E-state index contributed by atoms with van der Waals surface area (Å²) >= 11 is 0. The second kappa shape index (κ2) is 6.81. The molecule has 23 heavy (non-hydrogen) atoms. The van der Waals surface area contributed by atoms with Crippen LogP contribution in [0.4, 0.5) is 8.78 Å². The van der Waals surface area contributed by atoms with Gasteiger partial charge in [-0.3, -0.25) is 4.98 Å². The van der Waals surface area contributed by atoms with Gasteiger partial charge < -0.3 is 10.4 Å². The molecule has 0 radical (unpaired) electrons. The van der Waals surface area contributed by atoms with Gasteiger partial charge in [-0.05, 0) is 29.8 Å². The molecule has 1 heterocycles. The fourth-order valence-electron chi connectivity index (χ4n) is 2.56. The molecule has 1 atom stereocenters. The van der Waals surface area contributed by atoms with Crippen LogP contribution in [0.3, 0.4) is 0 Å². The third kappa shape index (κ3) is 3.52. The minimum absolute atomic E-state index is 0.159. The summed E-state index contributed by atoms with van der Waals surface area (Å²) in [7, 11) is 0. The van der Waals surface area contributed by atoms with Crippen molar-refractivity contribution in [2.75, 3.05) is 6.54 Å². The number of pyridine rings is 1. The molecule has 0 bridgehead atoms. The van der Waals surface area contributed by atoms with Gasteiger partial charge in [0.2, 0.25) is 0 Å². The lowest BCUT2D eigenvalue weighted by molar-refractivity contribution is 0.170. The van der Waals surface area contributed by atoms with E-state index in [1.54, 1.807) is 36.5 Å². The number of aromatic nitrogens is 1. The van der Waals surface area contributed by atoms with Crippen molar-refractivity contribution in [1.82, 2.24) is 10.3 Å². The minimum Gasteiger partial charge on any atom is -0.387 e. The maximum Gasteiger partial charge on any atom is 0.129 e. The quantitative estimate of drug-likeness (QED) is 0.759. The summed E-state index contributed by atoms with van der Waals surface area (Å²) in [5.41, 5.74) is 1.64. The molecule has 0 spiro atoms. The highest BCUT2D eigenvalue weighted by molar-refractivity contribution is 5.81. The van der Waals surface area contributed by atoms with Gasteiger partial charge in [-0.2, -0.15) is 0 Å². The second-order valence-electron chi connectivity index (χ2n) is 5.31. The summed E-state index contributed by atoms with van der Waals surface area (Å²) in [5.74, 6) is -0.781. The van der Waals surface area contributed by atoms with Crippen molar-refractivity contribution >= 4 is 10.9 Å². The first-order valence-electron chi connectivity index (χ1n) is 7.31. The van der Waals surface area contributed by atoms with Crippen LogP contribution in [0, 0.1) is 11.6 Å². The fraction of sp³-hybridized carbons (Fsp3) is 0.167. The van der Waals surface area contributed by atoms with E-state index < -0.39 is 11.9 Å². The van der Waals surface area contributed by atoms with Crippen LogP contribution < -0.4 is 5.32 Å². The summed E-state index contributed by atoms with van der Waals surface area (Å²) in [6, 6.07) is 12.5. The summed E-state index contributed by atoms with van der Waals surface area (Å²) < 4.78 is 27.3. The van der Waals surface area contributed by atoms with E-state index in [-0.39, 0.29) is 17.9 Å². The minimum atomic E-state index is -0.969. The van der Waals surface area contributed by atoms with E-state index in [4.69, 9.17) is 0 Å². The van der Waals surface area contributed by atoms with Crippen molar-refractivity contribution in [1.29, 1.82) is 0 Å². The van der Waals surface area contributed by atoms with E-state index in [2.05, 4.69) is 10.3 Å². The second-order valence-corrected chi connectivity index (χ2v) is 5.31. The molecule has 0 amide bonds. The van der Waals surface area contributed by atoms with Gasteiger partial charge in [-0.25, -0.2) is 8.78 Å². The zero-order valence-electron chi connectivity index (χ0n) is 12.3. The Morgan fingerprint density at radius 2 is 1.91 bits per heavy atom. The lowest BCUT2D eigenvalue weighted by atomic mass is 10.1. The number of aliphatic hydroxyl groups excluding tert-OH is 1. The van der Waals surface area contributed by atoms with Gasteiger partial charge in [0, 0.05) is 30.2 Å². The number of hydrogen-bond donors (Lipinski definition) is 2. The van der Waals surface area contributed by atoms with Crippen molar-refractivity contribution < 1.29 is 13.9 Å². The maximum atomic E-state index is 13.6. The summed E-state index contributed by atoms with van der Waals surface area (Å²) in [6.45, 7) is 0.489. The summed E-state index contributed by atoms with van der Waals surface area (Å²) in [6.07, 6.45) is 0.682. The van der Waals surface area contributed by atoms with Gasteiger partial charge in [0.1, 0.15) is 11.6 Å². The molecule has 0 saturated heterocycles. The lowest BCUT2D eigenvalue weighted by Crippen LogP contribution is -2.22. The Kier molecular flexibility index (Phi) is 4.60. The van der Waals surface area contributed by atoms with Gasteiger partial charge in [-0.15, -0.1) is 0 Å². The molecule has 2 aromatic carbocycles. The molecule has 3 aromatic rings. The highest BCUT2D eigenvalue weighted by Crippen LogP contribution is 2.19. The molecule has 0 aliphatic rings. The molecule has 3 rings (SSSR count). The van der Waals surface area contributed by atoms with Crippen LogP contribution in [0.2, 0.25) is 0 Å². The van der Waals surface area contributed by atoms with Crippen molar-refractivity contribution in [2.45, 2.75) is 12.6 Å². The highest BCUT2D eigenvalue weighted by Gasteiger charge is 2.12. The van der Waals surface area contributed by atoms with Gasteiger partial charge >= 0.3 is 0 Å². The Morgan fingerprint density at radius 1 is 1.09 bits per heavy atom. The number of fused-ring (bicyclic) bond motifs is 1. The van der Waals surface area contributed by atoms with E-state index in [9.17, 15) is 13.9 Å². The Morgan fingerprint density at radius 3 is 2.74 bits per heavy atom. The molecular formula is C18H16F2N2O. The number of nitrogens with one attached hydrogen (secondary N) is 1. The molecule has 0 aliphatic carbocycles. The molecule has 1 aromatic heterocycles. The van der Waals surface area contributed by atoms with Gasteiger partial charge in [0.05, 0.1) is 11.6 Å². The first kappa shape index (κ1) is 15.5. The van der Waals surface area contributed by atoms with Crippen LogP contribution in [0.1, 0.15) is 17.2 Å². The van der Waals surface area contributed by atoms with E-state index in [0.717, 1.165) is 5.39 Å². The smallest absolute Gasteiger partial charge is 0.129 e. The van der Waals surface area contributed by atoms with Crippen molar-refractivity contribution in [3.05, 3.63) is 77.5 Å². The number of benzene rings is 2. The lowest BCUT2D eigenvalue weighted by Gasteiger charge is -2.13. The normalized spacial score (nSPS) is 12.5. The molecule has 0 saturated carbocycles. The van der Waals surface area contributed by atoms with E-state index in [1.165, 1.54) is 18.2 Å². The third-order valence-corrected chi connectivity index (χ3v) is 3.67.